The number of amides is 2. The van der Waals surface area contributed by atoms with Crippen molar-refractivity contribution >= 4 is 6.03 Å². The Bertz CT molecular complexity index is 697. The molecule has 2 aromatic carbocycles. The monoisotopic (exact) mass is 353 g/mol. The summed E-state index contributed by atoms with van der Waals surface area (Å²) in [7, 11) is 1.64. The Labute approximate surface area is 155 Å². The van der Waals surface area contributed by atoms with E-state index >= 15 is 0 Å². The molecule has 0 atom stereocenters. The zero-order valence-electron chi connectivity index (χ0n) is 15.3. The maximum atomic E-state index is 12.1. The lowest BCUT2D eigenvalue weighted by Crippen LogP contribution is -2.47. The second-order valence-corrected chi connectivity index (χ2v) is 6.71. The van der Waals surface area contributed by atoms with Crippen LogP contribution in [0.1, 0.15) is 24.0 Å². The van der Waals surface area contributed by atoms with Crippen LogP contribution < -0.4 is 15.4 Å². The van der Waals surface area contributed by atoms with Crippen LogP contribution in [0, 0.1) is 0 Å². The Morgan fingerprint density at radius 2 is 1.81 bits per heavy atom. The summed E-state index contributed by atoms with van der Waals surface area (Å²) >= 11 is 0. The minimum atomic E-state index is -0.102. The number of methoxy groups -OCH3 is 1. The zero-order chi connectivity index (χ0) is 18.2. The average Bonchev–Trinajstić information content (AvgIpc) is 2.69. The molecule has 2 aromatic rings. The number of piperidine rings is 1. The van der Waals surface area contributed by atoms with Gasteiger partial charge in [-0.15, -0.1) is 0 Å². The molecule has 0 saturated carbocycles. The normalized spacial score (nSPS) is 15.4. The molecule has 1 fully saturated rings. The van der Waals surface area contributed by atoms with Gasteiger partial charge in [-0.25, -0.2) is 4.79 Å². The highest BCUT2D eigenvalue weighted by Crippen LogP contribution is 2.14. The number of benzene rings is 2. The van der Waals surface area contributed by atoms with Gasteiger partial charge in [0.15, 0.2) is 0 Å². The topological polar surface area (TPSA) is 53.6 Å². The molecule has 0 spiro atoms. The largest absolute Gasteiger partial charge is 0.497 e. The van der Waals surface area contributed by atoms with Crippen molar-refractivity contribution in [1.29, 1.82) is 0 Å². The summed E-state index contributed by atoms with van der Waals surface area (Å²) in [4.78, 5) is 14.6. The van der Waals surface area contributed by atoms with Crippen molar-refractivity contribution in [3.05, 3.63) is 65.7 Å². The summed E-state index contributed by atoms with van der Waals surface area (Å²) in [5, 5.41) is 6.02. The van der Waals surface area contributed by atoms with Crippen molar-refractivity contribution in [2.45, 2.75) is 32.0 Å². The van der Waals surface area contributed by atoms with Crippen LogP contribution in [-0.4, -0.2) is 37.2 Å². The van der Waals surface area contributed by atoms with Crippen LogP contribution in [0.15, 0.2) is 54.6 Å². The number of urea groups is 1. The first-order valence-corrected chi connectivity index (χ1v) is 9.16. The van der Waals surface area contributed by atoms with Crippen LogP contribution in [0.4, 0.5) is 4.79 Å². The second kappa shape index (κ2) is 9.25. The number of ether oxygens (including phenoxy) is 1. The molecule has 1 aliphatic heterocycles. The van der Waals surface area contributed by atoms with E-state index in [9.17, 15) is 4.79 Å². The third-order valence-electron chi connectivity index (χ3n) is 4.76. The van der Waals surface area contributed by atoms with E-state index in [4.69, 9.17) is 4.74 Å². The van der Waals surface area contributed by atoms with Gasteiger partial charge < -0.3 is 15.4 Å². The fourth-order valence-electron chi connectivity index (χ4n) is 3.28. The Kier molecular flexibility index (Phi) is 6.50. The van der Waals surface area contributed by atoms with Gasteiger partial charge in [0.1, 0.15) is 5.75 Å². The molecule has 138 valence electrons. The predicted octanol–water partition coefficient (Wildman–Crippen LogP) is 3.16. The fraction of sp³-hybridized carbons (Fsp3) is 0.381. The van der Waals surface area contributed by atoms with Gasteiger partial charge in [-0.1, -0.05) is 42.5 Å². The van der Waals surface area contributed by atoms with Crippen molar-refractivity contribution in [1.82, 2.24) is 15.5 Å². The molecule has 0 aliphatic carbocycles. The highest BCUT2D eigenvalue weighted by molar-refractivity contribution is 5.74. The molecule has 1 aliphatic rings. The second-order valence-electron chi connectivity index (χ2n) is 6.71. The number of carbonyl (C=O) groups is 1. The highest BCUT2D eigenvalue weighted by Gasteiger charge is 2.20. The van der Waals surface area contributed by atoms with Gasteiger partial charge in [0.2, 0.25) is 0 Å². The van der Waals surface area contributed by atoms with Gasteiger partial charge in [-0.2, -0.15) is 0 Å². The molecule has 0 unspecified atom stereocenters. The standard InChI is InChI=1S/C21H27N3O2/c1-26-20-9-5-8-18(14-20)15-22-21(25)23-19-10-12-24(13-11-19)16-17-6-3-2-4-7-17/h2-9,14,19H,10-13,15-16H2,1H3,(H2,22,23,25). The lowest BCUT2D eigenvalue weighted by Gasteiger charge is -2.32. The number of carbonyl (C=O) groups excluding carboxylic acids is 1. The van der Waals surface area contributed by atoms with Crippen molar-refractivity contribution in [2.24, 2.45) is 0 Å². The summed E-state index contributed by atoms with van der Waals surface area (Å²) < 4.78 is 5.20. The van der Waals surface area contributed by atoms with Crippen LogP contribution in [0.3, 0.4) is 0 Å². The molecule has 5 heteroatoms. The van der Waals surface area contributed by atoms with E-state index in [2.05, 4.69) is 39.8 Å². The Hall–Kier alpha value is -2.53. The summed E-state index contributed by atoms with van der Waals surface area (Å²) in [6.45, 7) is 3.50. The van der Waals surface area contributed by atoms with E-state index in [1.54, 1.807) is 7.11 Å². The highest BCUT2D eigenvalue weighted by atomic mass is 16.5. The Morgan fingerprint density at radius 1 is 1.08 bits per heavy atom. The van der Waals surface area contributed by atoms with Gasteiger partial charge in [0, 0.05) is 32.2 Å². The van der Waals surface area contributed by atoms with Crippen molar-refractivity contribution in [3.8, 4) is 5.75 Å². The number of hydrogen-bond acceptors (Lipinski definition) is 3. The smallest absolute Gasteiger partial charge is 0.315 e. The van der Waals surface area contributed by atoms with Crippen molar-refractivity contribution in [2.75, 3.05) is 20.2 Å². The molecular formula is C21H27N3O2. The number of nitrogens with zero attached hydrogens (tertiary/aromatic N) is 1. The van der Waals surface area contributed by atoms with Gasteiger partial charge in [-0.3, -0.25) is 4.90 Å². The number of likely N-dealkylation sites (tertiary alicyclic amines) is 1. The Morgan fingerprint density at radius 3 is 2.54 bits per heavy atom. The number of rotatable bonds is 6. The summed E-state index contributed by atoms with van der Waals surface area (Å²) in [5.41, 5.74) is 2.37. The lowest BCUT2D eigenvalue weighted by molar-refractivity contribution is 0.186. The molecule has 1 saturated heterocycles. The minimum absolute atomic E-state index is 0.102. The van der Waals surface area contributed by atoms with Crippen LogP contribution >= 0.6 is 0 Å². The SMILES string of the molecule is COc1cccc(CNC(=O)NC2CCN(Cc3ccccc3)CC2)c1. The molecule has 2 N–H and O–H groups in total. The minimum Gasteiger partial charge on any atom is -0.497 e. The quantitative estimate of drug-likeness (QED) is 0.839. The molecular weight excluding hydrogens is 326 g/mol. The van der Waals surface area contributed by atoms with E-state index in [-0.39, 0.29) is 12.1 Å². The number of nitrogens with one attached hydrogen (secondary N) is 2. The van der Waals surface area contributed by atoms with Crippen LogP contribution in [0.2, 0.25) is 0 Å². The maximum Gasteiger partial charge on any atom is 0.315 e. The fourth-order valence-corrected chi connectivity index (χ4v) is 3.28. The summed E-state index contributed by atoms with van der Waals surface area (Å²) in [6, 6.07) is 18.4. The first kappa shape index (κ1) is 18.3. The lowest BCUT2D eigenvalue weighted by atomic mass is 10.0. The number of hydrogen-bond donors (Lipinski definition) is 2. The summed E-state index contributed by atoms with van der Waals surface area (Å²) in [5.74, 6) is 0.801. The third kappa shape index (κ3) is 5.49. The van der Waals surface area contributed by atoms with E-state index in [0.29, 0.717) is 6.54 Å². The molecule has 5 nitrogen and oxygen atoms in total. The average molecular weight is 353 g/mol. The van der Waals surface area contributed by atoms with Crippen molar-refractivity contribution < 1.29 is 9.53 Å². The van der Waals surface area contributed by atoms with Crippen LogP contribution in [-0.2, 0) is 13.1 Å². The first-order valence-electron chi connectivity index (χ1n) is 9.16. The molecule has 0 radical (unpaired) electrons. The van der Waals surface area contributed by atoms with Crippen LogP contribution in [0.25, 0.3) is 0 Å². The molecule has 2 amide bonds. The van der Waals surface area contributed by atoms with E-state index in [1.807, 2.05) is 30.3 Å². The van der Waals surface area contributed by atoms with E-state index < -0.39 is 0 Å². The van der Waals surface area contributed by atoms with E-state index in [0.717, 1.165) is 43.8 Å². The van der Waals surface area contributed by atoms with Crippen molar-refractivity contribution in [3.63, 3.8) is 0 Å². The predicted molar refractivity (Wildman–Crippen MR) is 103 cm³/mol. The van der Waals surface area contributed by atoms with Gasteiger partial charge >= 0.3 is 6.03 Å². The molecule has 1 heterocycles. The third-order valence-corrected chi connectivity index (χ3v) is 4.76. The van der Waals surface area contributed by atoms with Crippen LogP contribution in [0.5, 0.6) is 5.75 Å². The van der Waals surface area contributed by atoms with Gasteiger partial charge in [0.05, 0.1) is 7.11 Å². The van der Waals surface area contributed by atoms with Gasteiger partial charge in [0.25, 0.3) is 0 Å². The Balaban J connectivity index is 1.38. The molecule has 0 bridgehead atoms. The maximum absolute atomic E-state index is 12.1. The van der Waals surface area contributed by atoms with Gasteiger partial charge in [-0.05, 0) is 36.1 Å². The van der Waals surface area contributed by atoms with E-state index in [1.165, 1.54) is 5.56 Å². The molecule has 0 aromatic heterocycles. The summed E-state index contributed by atoms with van der Waals surface area (Å²) in [6.07, 6.45) is 1.97. The zero-order valence-corrected chi connectivity index (χ0v) is 15.3. The first-order chi connectivity index (χ1) is 12.7. The molecule has 3 rings (SSSR count). The molecule has 26 heavy (non-hydrogen) atoms.